The maximum atomic E-state index is 12.7. The van der Waals surface area contributed by atoms with Crippen LogP contribution in [0.4, 0.5) is 11.4 Å². The Bertz CT molecular complexity index is 696. The first-order chi connectivity index (χ1) is 11.5. The molecule has 24 heavy (non-hydrogen) atoms. The number of ether oxygens (including phenoxy) is 2. The molecule has 0 aliphatic carbocycles. The molecular weight excluding hydrogens is 304 g/mol. The standard InChI is InChI=1S/C19H24N2O3/c1-6-24-18-13-14(7-12-17(18)23-5)19(22)21(4)16-10-8-15(9-11-16)20(2)3/h7-13H,6H2,1-5H3. The summed E-state index contributed by atoms with van der Waals surface area (Å²) in [5, 5.41) is 0. The van der Waals surface area contributed by atoms with E-state index in [1.807, 2.05) is 50.2 Å². The second kappa shape index (κ2) is 7.73. The van der Waals surface area contributed by atoms with Crippen LogP contribution in [0.25, 0.3) is 0 Å². The summed E-state index contributed by atoms with van der Waals surface area (Å²) in [6.45, 7) is 2.40. The van der Waals surface area contributed by atoms with Crippen molar-refractivity contribution in [2.75, 3.05) is 44.7 Å². The predicted molar refractivity (Wildman–Crippen MR) is 97.7 cm³/mol. The molecule has 0 spiro atoms. The average molecular weight is 328 g/mol. The van der Waals surface area contributed by atoms with Gasteiger partial charge in [-0.2, -0.15) is 0 Å². The number of amides is 1. The van der Waals surface area contributed by atoms with Gasteiger partial charge in [-0.3, -0.25) is 4.79 Å². The highest BCUT2D eigenvalue weighted by Crippen LogP contribution is 2.29. The largest absolute Gasteiger partial charge is 0.493 e. The molecule has 2 aromatic rings. The zero-order valence-electron chi connectivity index (χ0n) is 14.9. The minimum Gasteiger partial charge on any atom is -0.493 e. The smallest absolute Gasteiger partial charge is 0.258 e. The maximum Gasteiger partial charge on any atom is 0.258 e. The highest BCUT2D eigenvalue weighted by molar-refractivity contribution is 6.06. The van der Waals surface area contributed by atoms with E-state index >= 15 is 0 Å². The molecule has 0 fully saturated rings. The Kier molecular flexibility index (Phi) is 5.68. The molecule has 0 aliphatic rings. The predicted octanol–water partition coefficient (Wildman–Crippen LogP) is 3.44. The lowest BCUT2D eigenvalue weighted by molar-refractivity contribution is 0.0992. The Balaban J connectivity index is 2.25. The van der Waals surface area contributed by atoms with Gasteiger partial charge in [-0.05, 0) is 49.4 Å². The van der Waals surface area contributed by atoms with Crippen molar-refractivity contribution in [1.29, 1.82) is 0 Å². The van der Waals surface area contributed by atoms with Crippen molar-refractivity contribution in [3.05, 3.63) is 48.0 Å². The molecule has 128 valence electrons. The molecule has 2 rings (SSSR count). The highest BCUT2D eigenvalue weighted by atomic mass is 16.5. The molecule has 0 heterocycles. The summed E-state index contributed by atoms with van der Waals surface area (Å²) in [6.07, 6.45) is 0. The Morgan fingerprint density at radius 2 is 1.58 bits per heavy atom. The van der Waals surface area contributed by atoms with E-state index in [2.05, 4.69) is 0 Å². The van der Waals surface area contributed by atoms with Gasteiger partial charge in [0.15, 0.2) is 11.5 Å². The molecule has 0 N–H and O–H groups in total. The van der Waals surface area contributed by atoms with Crippen LogP contribution in [0.2, 0.25) is 0 Å². The van der Waals surface area contributed by atoms with Crippen LogP contribution in [0.15, 0.2) is 42.5 Å². The fraction of sp³-hybridized carbons (Fsp3) is 0.316. The van der Waals surface area contributed by atoms with E-state index in [0.717, 1.165) is 11.4 Å². The zero-order chi connectivity index (χ0) is 17.7. The summed E-state index contributed by atoms with van der Waals surface area (Å²) in [6, 6.07) is 13.0. The molecule has 0 saturated carbocycles. The van der Waals surface area contributed by atoms with E-state index in [-0.39, 0.29) is 5.91 Å². The maximum absolute atomic E-state index is 12.7. The van der Waals surface area contributed by atoms with Gasteiger partial charge in [0.25, 0.3) is 5.91 Å². The van der Waals surface area contributed by atoms with Crippen molar-refractivity contribution in [2.45, 2.75) is 6.92 Å². The van der Waals surface area contributed by atoms with Crippen LogP contribution in [0.1, 0.15) is 17.3 Å². The zero-order valence-corrected chi connectivity index (χ0v) is 14.9. The third kappa shape index (κ3) is 3.79. The summed E-state index contributed by atoms with van der Waals surface area (Å²) in [7, 11) is 7.31. The van der Waals surface area contributed by atoms with Crippen molar-refractivity contribution in [3.63, 3.8) is 0 Å². The molecule has 1 amide bonds. The lowest BCUT2D eigenvalue weighted by Crippen LogP contribution is -2.26. The van der Waals surface area contributed by atoms with Gasteiger partial charge < -0.3 is 19.3 Å². The summed E-state index contributed by atoms with van der Waals surface area (Å²) in [5.74, 6) is 1.09. The second-order valence-corrected chi connectivity index (χ2v) is 5.57. The van der Waals surface area contributed by atoms with Crippen LogP contribution in [-0.2, 0) is 0 Å². The third-order valence-electron chi connectivity index (χ3n) is 3.77. The third-order valence-corrected chi connectivity index (χ3v) is 3.77. The van der Waals surface area contributed by atoms with Crippen LogP contribution in [0.3, 0.4) is 0 Å². The molecular formula is C19H24N2O3. The first kappa shape index (κ1) is 17.7. The molecule has 0 radical (unpaired) electrons. The lowest BCUT2D eigenvalue weighted by Gasteiger charge is -2.20. The molecule has 5 heteroatoms. The van der Waals surface area contributed by atoms with E-state index < -0.39 is 0 Å². The first-order valence-electron chi connectivity index (χ1n) is 7.84. The SMILES string of the molecule is CCOc1cc(C(=O)N(C)c2ccc(N(C)C)cc2)ccc1OC. The fourth-order valence-corrected chi connectivity index (χ4v) is 2.36. The molecule has 0 aromatic heterocycles. The van der Waals surface area contributed by atoms with Gasteiger partial charge in [-0.15, -0.1) is 0 Å². The van der Waals surface area contributed by atoms with Crippen LogP contribution in [0, 0.1) is 0 Å². The summed E-state index contributed by atoms with van der Waals surface area (Å²) in [4.78, 5) is 16.4. The van der Waals surface area contributed by atoms with Gasteiger partial charge in [0, 0.05) is 38.1 Å². The Morgan fingerprint density at radius 3 is 2.12 bits per heavy atom. The number of methoxy groups -OCH3 is 1. The van der Waals surface area contributed by atoms with Gasteiger partial charge in [-0.25, -0.2) is 0 Å². The van der Waals surface area contributed by atoms with Gasteiger partial charge in [0.1, 0.15) is 0 Å². The fourth-order valence-electron chi connectivity index (χ4n) is 2.36. The number of anilines is 2. The van der Waals surface area contributed by atoms with Gasteiger partial charge in [0.05, 0.1) is 13.7 Å². The van der Waals surface area contributed by atoms with Crippen molar-refractivity contribution in [3.8, 4) is 11.5 Å². The van der Waals surface area contributed by atoms with E-state index in [1.54, 1.807) is 37.3 Å². The second-order valence-electron chi connectivity index (χ2n) is 5.57. The average Bonchev–Trinajstić information content (AvgIpc) is 2.60. The van der Waals surface area contributed by atoms with E-state index in [1.165, 1.54) is 0 Å². The van der Waals surface area contributed by atoms with Crippen LogP contribution < -0.4 is 19.3 Å². The van der Waals surface area contributed by atoms with E-state index in [9.17, 15) is 4.79 Å². The Morgan fingerprint density at radius 1 is 0.958 bits per heavy atom. The van der Waals surface area contributed by atoms with Crippen molar-refractivity contribution in [1.82, 2.24) is 0 Å². The molecule has 0 saturated heterocycles. The van der Waals surface area contributed by atoms with E-state index in [0.29, 0.717) is 23.7 Å². The number of carbonyl (C=O) groups is 1. The minimum absolute atomic E-state index is 0.101. The summed E-state index contributed by atoms with van der Waals surface area (Å²) >= 11 is 0. The molecule has 0 bridgehead atoms. The number of hydrogen-bond acceptors (Lipinski definition) is 4. The molecule has 0 atom stereocenters. The lowest BCUT2D eigenvalue weighted by atomic mass is 10.1. The van der Waals surface area contributed by atoms with Crippen LogP contribution in [0.5, 0.6) is 11.5 Å². The van der Waals surface area contributed by atoms with Crippen LogP contribution >= 0.6 is 0 Å². The Hall–Kier alpha value is -2.69. The van der Waals surface area contributed by atoms with Gasteiger partial charge in [0.2, 0.25) is 0 Å². The number of rotatable bonds is 6. The molecule has 5 nitrogen and oxygen atoms in total. The van der Waals surface area contributed by atoms with Gasteiger partial charge in [-0.1, -0.05) is 0 Å². The van der Waals surface area contributed by atoms with Crippen molar-refractivity contribution in [2.24, 2.45) is 0 Å². The van der Waals surface area contributed by atoms with Crippen molar-refractivity contribution < 1.29 is 14.3 Å². The molecule has 0 unspecified atom stereocenters. The first-order valence-corrected chi connectivity index (χ1v) is 7.84. The summed E-state index contributed by atoms with van der Waals surface area (Å²) in [5.41, 5.74) is 2.47. The van der Waals surface area contributed by atoms with Gasteiger partial charge >= 0.3 is 0 Å². The van der Waals surface area contributed by atoms with E-state index in [4.69, 9.17) is 9.47 Å². The highest BCUT2D eigenvalue weighted by Gasteiger charge is 2.16. The molecule has 2 aromatic carbocycles. The monoisotopic (exact) mass is 328 g/mol. The minimum atomic E-state index is -0.101. The molecule has 0 aliphatic heterocycles. The number of carbonyl (C=O) groups excluding carboxylic acids is 1. The van der Waals surface area contributed by atoms with Crippen LogP contribution in [-0.4, -0.2) is 40.8 Å². The number of nitrogens with zero attached hydrogens (tertiary/aromatic N) is 2. The quantitative estimate of drug-likeness (QED) is 0.815. The summed E-state index contributed by atoms with van der Waals surface area (Å²) < 4.78 is 10.8. The topological polar surface area (TPSA) is 42.0 Å². The number of hydrogen-bond donors (Lipinski definition) is 0. The normalized spacial score (nSPS) is 10.2. The van der Waals surface area contributed by atoms with Crippen molar-refractivity contribution >= 4 is 17.3 Å². The Labute approximate surface area is 143 Å². The number of benzene rings is 2.